The van der Waals surface area contributed by atoms with E-state index >= 15 is 0 Å². The summed E-state index contributed by atoms with van der Waals surface area (Å²) >= 11 is 0. The van der Waals surface area contributed by atoms with Crippen molar-refractivity contribution >= 4 is 11.6 Å². The standard InChI is InChI=1S/C18H26N2O2/c21-17-10-11-20(12-17)13-18(22)19-16-8-6-15(7-9-16)14-4-2-1-3-5-14/h6-9,14,17,21H,1-5,10-13H2,(H,19,22)/t17-/m0/s1. The number of aliphatic hydroxyl groups excluding tert-OH is 1. The lowest BCUT2D eigenvalue weighted by Crippen LogP contribution is -2.32. The van der Waals surface area contributed by atoms with Crippen LogP contribution < -0.4 is 5.32 Å². The van der Waals surface area contributed by atoms with Crippen molar-refractivity contribution in [3.8, 4) is 0 Å². The van der Waals surface area contributed by atoms with Gasteiger partial charge in [0.2, 0.25) is 5.91 Å². The third kappa shape index (κ3) is 4.08. The summed E-state index contributed by atoms with van der Waals surface area (Å²) in [4.78, 5) is 14.0. The summed E-state index contributed by atoms with van der Waals surface area (Å²) in [5, 5.41) is 12.4. The van der Waals surface area contributed by atoms with E-state index in [0.29, 0.717) is 19.0 Å². The van der Waals surface area contributed by atoms with Crippen molar-refractivity contribution in [3.05, 3.63) is 29.8 Å². The topological polar surface area (TPSA) is 52.6 Å². The van der Waals surface area contributed by atoms with Crippen molar-refractivity contribution in [3.63, 3.8) is 0 Å². The molecule has 0 radical (unpaired) electrons. The highest BCUT2D eigenvalue weighted by Gasteiger charge is 2.22. The molecule has 0 bridgehead atoms. The van der Waals surface area contributed by atoms with Crippen LogP contribution in [-0.4, -0.2) is 41.7 Å². The summed E-state index contributed by atoms with van der Waals surface area (Å²) in [5.41, 5.74) is 2.27. The molecule has 2 aliphatic rings. The van der Waals surface area contributed by atoms with Gasteiger partial charge in [0.1, 0.15) is 0 Å². The summed E-state index contributed by atoms with van der Waals surface area (Å²) < 4.78 is 0. The fourth-order valence-corrected chi connectivity index (χ4v) is 3.63. The van der Waals surface area contributed by atoms with Crippen LogP contribution >= 0.6 is 0 Å². The Hall–Kier alpha value is -1.39. The van der Waals surface area contributed by atoms with Gasteiger partial charge in [-0.3, -0.25) is 9.69 Å². The van der Waals surface area contributed by atoms with Crippen molar-refractivity contribution in [2.45, 2.75) is 50.5 Å². The molecule has 1 aliphatic heterocycles. The first kappa shape index (κ1) is 15.5. The van der Waals surface area contributed by atoms with Crippen LogP contribution in [0.15, 0.2) is 24.3 Å². The molecule has 3 rings (SSSR count). The van der Waals surface area contributed by atoms with Gasteiger partial charge < -0.3 is 10.4 Å². The number of carbonyl (C=O) groups is 1. The normalized spacial score (nSPS) is 23.6. The second kappa shape index (κ2) is 7.25. The first-order valence-electron chi connectivity index (χ1n) is 8.51. The molecule has 1 saturated heterocycles. The predicted molar refractivity (Wildman–Crippen MR) is 88.0 cm³/mol. The van der Waals surface area contributed by atoms with Gasteiger partial charge in [-0.05, 0) is 42.9 Å². The molecule has 4 nitrogen and oxygen atoms in total. The number of β-amino-alcohol motifs (C(OH)–C–C–N with tert-alkyl or cyclic N) is 1. The van der Waals surface area contributed by atoms with E-state index in [2.05, 4.69) is 17.4 Å². The average Bonchev–Trinajstić information content (AvgIpc) is 2.94. The Kier molecular flexibility index (Phi) is 5.11. The third-order valence-electron chi connectivity index (χ3n) is 4.89. The fourth-order valence-electron chi connectivity index (χ4n) is 3.63. The van der Waals surface area contributed by atoms with Gasteiger partial charge in [0.05, 0.1) is 12.6 Å². The number of rotatable bonds is 4. The average molecular weight is 302 g/mol. The van der Waals surface area contributed by atoms with E-state index in [1.54, 1.807) is 0 Å². The summed E-state index contributed by atoms with van der Waals surface area (Å²) in [6, 6.07) is 8.34. The van der Waals surface area contributed by atoms with Crippen molar-refractivity contribution in [1.82, 2.24) is 4.90 Å². The zero-order chi connectivity index (χ0) is 15.4. The van der Waals surface area contributed by atoms with E-state index in [4.69, 9.17) is 0 Å². The second-order valence-corrected chi connectivity index (χ2v) is 6.68. The number of benzene rings is 1. The molecule has 2 fully saturated rings. The summed E-state index contributed by atoms with van der Waals surface area (Å²) in [6.07, 6.45) is 7.13. The highest BCUT2D eigenvalue weighted by atomic mass is 16.3. The van der Waals surface area contributed by atoms with Gasteiger partial charge in [0.25, 0.3) is 0 Å². The number of anilines is 1. The van der Waals surface area contributed by atoms with Gasteiger partial charge >= 0.3 is 0 Å². The maximum atomic E-state index is 12.0. The molecule has 2 N–H and O–H groups in total. The molecule has 0 aromatic heterocycles. The van der Waals surface area contributed by atoms with Gasteiger partial charge in [-0.25, -0.2) is 0 Å². The lowest BCUT2D eigenvalue weighted by molar-refractivity contribution is -0.117. The number of hydrogen-bond acceptors (Lipinski definition) is 3. The first-order valence-corrected chi connectivity index (χ1v) is 8.51. The molecule has 1 amide bonds. The number of nitrogens with zero attached hydrogens (tertiary/aromatic N) is 1. The molecule has 1 saturated carbocycles. The van der Waals surface area contributed by atoms with Gasteiger partial charge in [-0.15, -0.1) is 0 Å². The highest BCUT2D eigenvalue weighted by Crippen LogP contribution is 2.32. The molecule has 120 valence electrons. The molecule has 1 atom stereocenters. The molecule has 1 aliphatic carbocycles. The molecular weight excluding hydrogens is 276 g/mol. The minimum Gasteiger partial charge on any atom is -0.392 e. The Balaban J connectivity index is 1.51. The van der Waals surface area contributed by atoms with Crippen LogP contribution in [0.3, 0.4) is 0 Å². The van der Waals surface area contributed by atoms with Gasteiger partial charge in [0, 0.05) is 18.8 Å². The number of nitrogens with one attached hydrogen (secondary N) is 1. The Morgan fingerprint density at radius 1 is 1.14 bits per heavy atom. The zero-order valence-corrected chi connectivity index (χ0v) is 13.1. The molecule has 0 spiro atoms. The predicted octanol–water partition coefficient (Wildman–Crippen LogP) is 2.74. The molecular formula is C18H26N2O2. The van der Waals surface area contributed by atoms with Gasteiger partial charge in [0.15, 0.2) is 0 Å². The van der Waals surface area contributed by atoms with Crippen molar-refractivity contribution in [1.29, 1.82) is 0 Å². The van der Waals surface area contributed by atoms with Crippen LogP contribution in [0.2, 0.25) is 0 Å². The van der Waals surface area contributed by atoms with Crippen molar-refractivity contribution < 1.29 is 9.90 Å². The number of aliphatic hydroxyl groups is 1. The van der Waals surface area contributed by atoms with E-state index < -0.39 is 0 Å². The molecule has 4 heteroatoms. The van der Waals surface area contributed by atoms with Crippen LogP contribution in [0.5, 0.6) is 0 Å². The zero-order valence-electron chi connectivity index (χ0n) is 13.1. The number of hydrogen-bond donors (Lipinski definition) is 2. The van der Waals surface area contributed by atoms with Gasteiger partial charge in [-0.2, -0.15) is 0 Å². The molecule has 1 aromatic rings. The first-order chi connectivity index (χ1) is 10.7. The Morgan fingerprint density at radius 3 is 2.50 bits per heavy atom. The maximum absolute atomic E-state index is 12.0. The van der Waals surface area contributed by atoms with E-state index in [1.165, 1.54) is 37.7 Å². The van der Waals surface area contributed by atoms with Crippen LogP contribution in [0.4, 0.5) is 5.69 Å². The minimum atomic E-state index is -0.275. The van der Waals surface area contributed by atoms with Crippen LogP contribution in [0.1, 0.15) is 50.0 Å². The third-order valence-corrected chi connectivity index (χ3v) is 4.89. The van der Waals surface area contributed by atoms with E-state index in [-0.39, 0.29) is 12.0 Å². The smallest absolute Gasteiger partial charge is 0.238 e. The summed E-state index contributed by atoms with van der Waals surface area (Å²) in [5.74, 6) is 0.698. The highest BCUT2D eigenvalue weighted by molar-refractivity contribution is 5.92. The van der Waals surface area contributed by atoms with E-state index in [1.807, 2.05) is 17.0 Å². The quantitative estimate of drug-likeness (QED) is 0.899. The van der Waals surface area contributed by atoms with E-state index in [9.17, 15) is 9.90 Å². The van der Waals surface area contributed by atoms with Crippen molar-refractivity contribution in [2.24, 2.45) is 0 Å². The van der Waals surface area contributed by atoms with Crippen LogP contribution in [-0.2, 0) is 4.79 Å². The van der Waals surface area contributed by atoms with Gasteiger partial charge in [-0.1, -0.05) is 31.4 Å². The SMILES string of the molecule is O=C(CN1CC[C@H](O)C1)Nc1ccc(C2CCCCC2)cc1. The number of likely N-dealkylation sites (tertiary alicyclic amines) is 1. The largest absolute Gasteiger partial charge is 0.392 e. The molecule has 1 heterocycles. The lowest BCUT2D eigenvalue weighted by Gasteiger charge is -2.22. The van der Waals surface area contributed by atoms with Crippen molar-refractivity contribution in [2.75, 3.05) is 25.0 Å². The maximum Gasteiger partial charge on any atom is 0.238 e. The number of carbonyl (C=O) groups excluding carboxylic acids is 1. The summed E-state index contributed by atoms with van der Waals surface area (Å²) in [6.45, 7) is 1.77. The minimum absolute atomic E-state index is 0.000448. The molecule has 1 aromatic carbocycles. The Bertz CT molecular complexity index is 494. The molecule has 22 heavy (non-hydrogen) atoms. The van der Waals surface area contributed by atoms with E-state index in [0.717, 1.165) is 18.7 Å². The summed E-state index contributed by atoms with van der Waals surface area (Å²) in [7, 11) is 0. The van der Waals surface area contributed by atoms with Crippen LogP contribution in [0, 0.1) is 0 Å². The van der Waals surface area contributed by atoms with Crippen LogP contribution in [0.25, 0.3) is 0 Å². The lowest BCUT2D eigenvalue weighted by atomic mass is 9.84. The Morgan fingerprint density at radius 2 is 1.86 bits per heavy atom. The molecule has 0 unspecified atom stereocenters. The second-order valence-electron chi connectivity index (χ2n) is 6.68. The fraction of sp³-hybridized carbons (Fsp3) is 0.611. The number of amides is 1. The Labute approximate surface area is 132 Å². The monoisotopic (exact) mass is 302 g/mol.